The summed E-state index contributed by atoms with van der Waals surface area (Å²) in [6.45, 7) is 4.55. The Bertz CT molecular complexity index is 1290. The molecule has 2 aliphatic rings. The molecule has 1 aliphatic heterocycles. The molecule has 0 spiro atoms. The number of aromatic nitrogens is 3. The van der Waals surface area contributed by atoms with E-state index >= 15 is 0 Å². The number of carbonyl (C=O) groups is 1. The van der Waals surface area contributed by atoms with Crippen LogP contribution in [0, 0.1) is 5.82 Å². The van der Waals surface area contributed by atoms with E-state index < -0.39 is 0 Å². The average molecular weight is 493 g/mol. The number of Topliss-reactive ketones (excluding diaryl/α,β-unsaturated/α-hetero) is 1. The van der Waals surface area contributed by atoms with Gasteiger partial charge < -0.3 is 5.32 Å². The van der Waals surface area contributed by atoms with Gasteiger partial charge in [0, 0.05) is 58.7 Å². The second-order valence-corrected chi connectivity index (χ2v) is 10.9. The zero-order chi connectivity index (χ0) is 25.2. The first-order valence-electron chi connectivity index (χ1n) is 13.4. The van der Waals surface area contributed by atoms with Crippen LogP contribution >= 0.6 is 0 Å². The molecule has 3 aromatic rings. The lowest BCUT2D eigenvalue weighted by atomic mass is 9.79. The maximum Gasteiger partial charge on any atom is 0.136 e. The third-order valence-electron chi connectivity index (χ3n) is 7.81. The van der Waals surface area contributed by atoms with Crippen molar-refractivity contribution in [3.63, 3.8) is 0 Å². The molecule has 3 atom stereocenters. The maximum atomic E-state index is 14.4. The van der Waals surface area contributed by atoms with Gasteiger partial charge in [-0.15, -0.1) is 0 Å². The highest BCUT2D eigenvalue weighted by Gasteiger charge is 2.28. The Morgan fingerprint density at radius 2 is 2.00 bits per heavy atom. The van der Waals surface area contributed by atoms with Crippen LogP contribution < -0.4 is 5.32 Å². The topological polar surface area (TPSA) is 59.8 Å². The number of nitrogens with zero attached hydrogens (tertiary/aromatic N) is 3. The fraction of sp³-hybridized carbons (Fsp3) is 0.500. The van der Waals surface area contributed by atoms with Gasteiger partial charge in [0.05, 0.1) is 11.2 Å². The van der Waals surface area contributed by atoms with Crippen LogP contribution in [0.15, 0.2) is 36.2 Å². The minimum atomic E-state index is -0.209. The number of hydrogen-bond acceptors (Lipinski definition) is 4. The minimum absolute atomic E-state index is 0. The van der Waals surface area contributed by atoms with Crippen molar-refractivity contribution in [3.05, 3.63) is 64.4 Å². The number of carbonyl (C=O) groups excluding carboxylic acids is 1. The zero-order valence-electron chi connectivity index (χ0n) is 21.7. The molecule has 1 aromatic carbocycles. The van der Waals surface area contributed by atoms with Crippen LogP contribution in [0.25, 0.3) is 17.0 Å². The first-order valence-corrected chi connectivity index (χ1v) is 13.4. The molecule has 0 bridgehead atoms. The predicted molar refractivity (Wildman–Crippen MR) is 147 cm³/mol. The third kappa shape index (κ3) is 5.59. The van der Waals surface area contributed by atoms with Crippen molar-refractivity contribution < 1.29 is 12.0 Å². The molecular weight excluding hydrogens is 451 g/mol. The van der Waals surface area contributed by atoms with E-state index in [0.717, 1.165) is 49.6 Å². The summed E-state index contributed by atoms with van der Waals surface area (Å²) in [4.78, 5) is 17.4. The van der Waals surface area contributed by atoms with Crippen LogP contribution in [-0.4, -0.2) is 32.6 Å². The summed E-state index contributed by atoms with van der Waals surface area (Å²) in [5.41, 5.74) is 6.47. The van der Waals surface area contributed by atoms with Gasteiger partial charge >= 0.3 is 0 Å². The SMILES string of the molecule is C[C@@H]1CC(c2ccnc3c2CCC(CC(=O)CCCCc2cc4cn(C)nc4cc2F)=C3)C[C@H](C)N1.[HH].[HH]. The first-order chi connectivity index (χ1) is 17.4. The highest BCUT2D eigenvalue weighted by Crippen LogP contribution is 2.36. The number of rotatable bonds is 8. The summed E-state index contributed by atoms with van der Waals surface area (Å²) in [5.74, 6) is 0.636. The largest absolute Gasteiger partial charge is 0.312 e. The van der Waals surface area contributed by atoms with Crippen molar-refractivity contribution >= 4 is 22.8 Å². The Balaban J connectivity index is 0.00000200. The molecule has 2 aromatic heterocycles. The lowest BCUT2D eigenvalue weighted by molar-refractivity contribution is -0.118. The standard InChI is InChI=1S/C30H37FN4O.2H2/c1-19-12-23(13-20(2)33-19)26-10-11-32-30-15-21(8-9-27(26)30)14-25(36)7-5-4-6-22-16-24-18-35(3)34-29(24)17-28(22)31;;/h10-11,15-20,23,33H,4-9,12-14H2,1-3H3;2*1H/t19-,20+,23?;;. The zero-order valence-corrected chi connectivity index (χ0v) is 21.7. The van der Waals surface area contributed by atoms with Gasteiger partial charge in [-0.05, 0) is 99.6 Å². The number of pyridine rings is 1. The van der Waals surface area contributed by atoms with Gasteiger partial charge in [0.2, 0.25) is 0 Å². The third-order valence-corrected chi connectivity index (χ3v) is 7.81. The summed E-state index contributed by atoms with van der Waals surface area (Å²) < 4.78 is 16.1. The van der Waals surface area contributed by atoms with Crippen LogP contribution in [-0.2, 0) is 24.7 Å². The van der Waals surface area contributed by atoms with Gasteiger partial charge in [0.25, 0.3) is 0 Å². The van der Waals surface area contributed by atoms with Crippen molar-refractivity contribution in [3.8, 4) is 0 Å². The highest BCUT2D eigenvalue weighted by molar-refractivity contribution is 5.82. The molecule has 1 N–H and O–H groups in total. The Morgan fingerprint density at radius 1 is 1.19 bits per heavy atom. The smallest absolute Gasteiger partial charge is 0.136 e. The monoisotopic (exact) mass is 492 g/mol. The minimum Gasteiger partial charge on any atom is -0.312 e. The number of fused-ring (bicyclic) bond motifs is 2. The molecule has 1 unspecified atom stereocenters. The van der Waals surface area contributed by atoms with Crippen molar-refractivity contribution in [1.82, 2.24) is 20.1 Å². The second-order valence-electron chi connectivity index (χ2n) is 10.9. The summed E-state index contributed by atoms with van der Waals surface area (Å²) in [6, 6.07) is 6.67. The van der Waals surface area contributed by atoms with Crippen LogP contribution in [0.2, 0.25) is 0 Å². The molecule has 1 aliphatic carbocycles. The number of aryl methyl sites for hydroxylation is 2. The average Bonchev–Trinajstić information content (AvgIpc) is 3.19. The quantitative estimate of drug-likeness (QED) is 0.363. The molecule has 5 rings (SSSR count). The Hall–Kier alpha value is -2.86. The molecule has 1 fully saturated rings. The Labute approximate surface area is 216 Å². The van der Waals surface area contributed by atoms with E-state index in [1.165, 1.54) is 22.8 Å². The van der Waals surface area contributed by atoms with E-state index in [4.69, 9.17) is 0 Å². The number of benzene rings is 1. The molecule has 0 saturated carbocycles. The fourth-order valence-corrected chi connectivity index (χ4v) is 6.21. The number of hydrogen-bond donors (Lipinski definition) is 1. The van der Waals surface area contributed by atoms with Crippen molar-refractivity contribution in [2.75, 3.05) is 0 Å². The van der Waals surface area contributed by atoms with Gasteiger partial charge in [-0.2, -0.15) is 5.10 Å². The van der Waals surface area contributed by atoms with Crippen LogP contribution in [0.4, 0.5) is 4.39 Å². The molecule has 6 heteroatoms. The maximum absolute atomic E-state index is 14.4. The molecule has 5 nitrogen and oxygen atoms in total. The first kappa shape index (κ1) is 24.8. The van der Waals surface area contributed by atoms with Gasteiger partial charge in [-0.1, -0.05) is 5.57 Å². The summed E-state index contributed by atoms with van der Waals surface area (Å²) in [5, 5.41) is 8.85. The van der Waals surface area contributed by atoms with Crippen molar-refractivity contribution in [2.24, 2.45) is 7.05 Å². The lowest BCUT2D eigenvalue weighted by Crippen LogP contribution is -2.41. The molecule has 0 radical (unpaired) electrons. The lowest BCUT2D eigenvalue weighted by Gasteiger charge is -2.34. The van der Waals surface area contributed by atoms with E-state index in [1.807, 2.05) is 25.5 Å². The number of unbranched alkanes of at least 4 members (excludes halogenated alkanes) is 1. The second kappa shape index (κ2) is 10.6. The Morgan fingerprint density at radius 3 is 2.81 bits per heavy atom. The van der Waals surface area contributed by atoms with Crippen LogP contribution in [0.1, 0.15) is 89.9 Å². The number of nitrogens with one attached hydrogen (secondary N) is 1. The molecule has 194 valence electrons. The van der Waals surface area contributed by atoms with Crippen molar-refractivity contribution in [1.29, 1.82) is 0 Å². The summed E-state index contributed by atoms with van der Waals surface area (Å²) >= 11 is 0. The number of piperidine rings is 1. The number of allylic oxidation sites excluding steroid dienone is 1. The molecule has 3 heterocycles. The molecular formula is C30H41FN4O. The molecule has 36 heavy (non-hydrogen) atoms. The van der Waals surface area contributed by atoms with E-state index in [9.17, 15) is 9.18 Å². The molecule has 0 amide bonds. The van der Waals surface area contributed by atoms with Gasteiger partial charge in [0.1, 0.15) is 11.6 Å². The van der Waals surface area contributed by atoms with E-state index in [1.54, 1.807) is 4.68 Å². The van der Waals surface area contributed by atoms with Crippen molar-refractivity contribution in [2.45, 2.75) is 89.6 Å². The predicted octanol–water partition coefficient (Wildman–Crippen LogP) is 6.55. The normalized spacial score (nSPS) is 21.9. The van der Waals surface area contributed by atoms with Gasteiger partial charge in [-0.25, -0.2) is 4.39 Å². The van der Waals surface area contributed by atoms with E-state index in [-0.39, 0.29) is 14.5 Å². The molecule has 1 saturated heterocycles. The Kier molecular flexibility index (Phi) is 7.33. The van der Waals surface area contributed by atoms with Crippen LogP contribution in [0.5, 0.6) is 0 Å². The van der Waals surface area contributed by atoms with Crippen LogP contribution in [0.3, 0.4) is 0 Å². The number of halogens is 1. The highest BCUT2D eigenvalue weighted by atomic mass is 19.1. The van der Waals surface area contributed by atoms with Gasteiger partial charge in [0.15, 0.2) is 0 Å². The summed E-state index contributed by atoms with van der Waals surface area (Å²) in [7, 11) is 1.84. The number of ketones is 1. The fourth-order valence-electron chi connectivity index (χ4n) is 6.21. The van der Waals surface area contributed by atoms with E-state index in [0.29, 0.717) is 48.3 Å². The van der Waals surface area contributed by atoms with E-state index in [2.05, 4.69) is 41.4 Å². The summed E-state index contributed by atoms with van der Waals surface area (Å²) in [6.07, 6.45) is 13.5. The van der Waals surface area contributed by atoms with Gasteiger partial charge in [-0.3, -0.25) is 14.5 Å².